The molecule has 0 N–H and O–H groups in total. The molecule has 0 amide bonds. The van der Waals surface area contributed by atoms with Crippen molar-refractivity contribution in [3.05, 3.63) is 0 Å². The van der Waals surface area contributed by atoms with Crippen LogP contribution in [0.25, 0.3) is 0 Å². The molecule has 0 radical (unpaired) electrons. The second kappa shape index (κ2) is 6.41. The van der Waals surface area contributed by atoms with Gasteiger partial charge in [-0.3, -0.25) is 0 Å². The highest BCUT2D eigenvalue weighted by Crippen LogP contribution is 2.06. The fourth-order valence-electron chi connectivity index (χ4n) is 1.34. The van der Waals surface area contributed by atoms with Gasteiger partial charge >= 0.3 is 0 Å². The molecule has 2 nitrogen and oxygen atoms in total. The second-order valence-electron chi connectivity index (χ2n) is 4.07. The van der Waals surface area contributed by atoms with Crippen molar-refractivity contribution in [2.75, 3.05) is 11.5 Å². The van der Waals surface area contributed by atoms with Crippen molar-refractivity contribution in [1.29, 1.82) is 0 Å². The molecule has 0 aromatic rings. The number of hydrogen-bond donors (Lipinski definition) is 0. The highest BCUT2D eigenvalue weighted by Gasteiger charge is 2.11. The molecular formula is C10H22O2S. The van der Waals surface area contributed by atoms with E-state index < -0.39 is 9.84 Å². The van der Waals surface area contributed by atoms with E-state index >= 15 is 0 Å². The van der Waals surface area contributed by atoms with Gasteiger partial charge in [-0.05, 0) is 12.3 Å². The maximum Gasteiger partial charge on any atom is 0.150 e. The fraction of sp³-hybridized carbons (Fsp3) is 1.00. The molecule has 0 unspecified atom stereocenters. The van der Waals surface area contributed by atoms with E-state index in [1.165, 1.54) is 0 Å². The van der Waals surface area contributed by atoms with Crippen LogP contribution in [0.3, 0.4) is 0 Å². The van der Waals surface area contributed by atoms with Crippen molar-refractivity contribution in [3.8, 4) is 0 Å². The van der Waals surface area contributed by atoms with Gasteiger partial charge in [-0.25, -0.2) is 8.42 Å². The molecule has 0 aromatic heterocycles. The highest BCUT2D eigenvalue weighted by atomic mass is 32.2. The Kier molecular flexibility index (Phi) is 6.39. The molecule has 3 heteroatoms. The maximum atomic E-state index is 11.4. The molecule has 80 valence electrons. The SMILES string of the molecule is CCCCCCS(=O)(=O)CC(C)C. The summed E-state index contributed by atoms with van der Waals surface area (Å²) in [5, 5.41) is 0. The minimum Gasteiger partial charge on any atom is -0.229 e. The first-order chi connectivity index (χ1) is 5.98. The predicted molar refractivity (Wildman–Crippen MR) is 57.6 cm³/mol. The summed E-state index contributed by atoms with van der Waals surface area (Å²) in [6, 6.07) is 0. The lowest BCUT2D eigenvalue weighted by molar-refractivity contribution is 0.576. The maximum absolute atomic E-state index is 11.4. The molecule has 0 heterocycles. The van der Waals surface area contributed by atoms with E-state index in [-0.39, 0.29) is 5.92 Å². The molecule has 13 heavy (non-hydrogen) atoms. The van der Waals surface area contributed by atoms with Gasteiger partial charge in [-0.15, -0.1) is 0 Å². The summed E-state index contributed by atoms with van der Waals surface area (Å²) in [6.07, 6.45) is 4.19. The average Bonchev–Trinajstić information content (AvgIpc) is 1.95. The minimum absolute atomic E-state index is 0.260. The van der Waals surface area contributed by atoms with Gasteiger partial charge in [-0.2, -0.15) is 0 Å². The molecule has 0 aliphatic heterocycles. The van der Waals surface area contributed by atoms with Gasteiger partial charge in [0.25, 0.3) is 0 Å². The normalized spacial score (nSPS) is 12.3. The predicted octanol–water partition coefficient (Wildman–Crippen LogP) is 2.64. The third-order valence-corrected chi connectivity index (χ3v) is 3.98. The van der Waals surface area contributed by atoms with E-state index in [1.807, 2.05) is 13.8 Å². The first kappa shape index (κ1) is 12.9. The van der Waals surface area contributed by atoms with Crippen LogP contribution in [0.1, 0.15) is 46.5 Å². The summed E-state index contributed by atoms with van der Waals surface area (Å²) >= 11 is 0. The Labute approximate surface area is 82.6 Å². The van der Waals surface area contributed by atoms with E-state index in [9.17, 15) is 8.42 Å². The molecule has 0 rings (SSSR count). The number of rotatable bonds is 7. The van der Waals surface area contributed by atoms with E-state index in [2.05, 4.69) is 6.92 Å². The summed E-state index contributed by atoms with van der Waals surface area (Å²) in [5.41, 5.74) is 0. The first-order valence-corrected chi connectivity index (χ1v) is 7.00. The largest absolute Gasteiger partial charge is 0.229 e. The summed E-state index contributed by atoms with van der Waals surface area (Å²) < 4.78 is 22.8. The Balaban J connectivity index is 3.64. The molecule has 0 fully saturated rings. The zero-order valence-corrected chi connectivity index (χ0v) is 9.86. The van der Waals surface area contributed by atoms with Crippen molar-refractivity contribution in [1.82, 2.24) is 0 Å². The van der Waals surface area contributed by atoms with Crippen molar-refractivity contribution in [2.45, 2.75) is 46.5 Å². The van der Waals surface area contributed by atoms with Gasteiger partial charge in [0.2, 0.25) is 0 Å². The lowest BCUT2D eigenvalue weighted by Gasteiger charge is -2.06. The van der Waals surface area contributed by atoms with Crippen LogP contribution in [-0.4, -0.2) is 19.9 Å². The van der Waals surface area contributed by atoms with Gasteiger partial charge in [0.1, 0.15) is 0 Å². The van der Waals surface area contributed by atoms with Gasteiger partial charge in [0.05, 0.1) is 11.5 Å². The van der Waals surface area contributed by atoms with Crippen molar-refractivity contribution >= 4 is 9.84 Å². The average molecular weight is 206 g/mol. The molecule has 0 spiro atoms. The summed E-state index contributed by atoms with van der Waals surface area (Å²) in [5.74, 6) is 0.987. The second-order valence-corrected chi connectivity index (χ2v) is 6.30. The summed E-state index contributed by atoms with van der Waals surface area (Å²) in [7, 11) is -2.76. The lowest BCUT2D eigenvalue weighted by Crippen LogP contribution is -2.15. The third-order valence-electron chi connectivity index (χ3n) is 1.90. The van der Waals surface area contributed by atoms with Crippen LogP contribution >= 0.6 is 0 Å². The van der Waals surface area contributed by atoms with Gasteiger partial charge in [-0.1, -0.05) is 40.0 Å². The van der Waals surface area contributed by atoms with Crippen LogP contribution in [0, 0.1) is 5.92 Å². The Bertz CT molecular complexity index is 205. The molecule has 0 aliphatic carbocycles. The van der Waals surface area contributed by atoms with Crippen molar-refractivity contribution in [3.63, 3.8) is 0 Å². The Morgan fingerprint density at radius 3 is 2.15 bits per heavy atom. The molecular weight excluding hydrogens is 184 g/mol. The van der Waals surface area contributed by atoms with Crippen LogP contribution < -0.4 is 0 Å². The van der Waals surface area contributed by atoms with Crippen molar-refractivity contribution < 1.29 is 8.42 Å². The topological polar surface area (TPSA) is 34.1 Å². The molecule has 0 aromatic carbocycles. The number of hydrogen-bond acceptors (Lipinski definition) is 2. The Morgan fingerprint density at radius 1 is 1.08 bits per heavy atom. The summed E-state index contributed by atoms with van der Waals surface area (Å²) in [6.45, 7) is 6.02. The zero-order valence-electron chi connectivity index (χ0n) is 9.04. The quantitative estimate of drug-likeness (QED) is 0.600. The number of sulfone groups is 1. The van der Waals surface area contributed by atoms with E-state index in [1.54, 1.807) is 0 Å². The molecule has 0 aliphatic rings. The van der Waals surface area contributed by atoms with Crippen LogP contribution in [-0.2, 0) is 9.84 Å². The van der Waals surface area contributed by atoms with Gasteiger partial charge in [0.15, 0.2) is 9.84 Å². The Morgan fingerprint density at radius 2 is 1.69 bits per heavy atom. The van der Waals surface area contributed by atoms with Crippen LogP contribution in [0.5, 0.6) is 0 Å². The van der Waals surface area contributed by atoms with Crippen LogP contribution in [0.4, 0.5) is 0 Å². The third kappa shape index (κ3) is 8.28. The highest BCUT2D eigenvalue weighted by molar-refractivity contribution is 7.91. The van der Waals surface area contributed by atoms with Crippen LogP contribution in [0.2, 0.25) is 0 Å². The van der Waals surface area contributed by atoms with E-state index in [4.69, 9.17) is 0 Å². The van der Waals surface area contributed by atoms with Gasteiger partial charge in [0, 0.05) is 0 Å². The fourth-order valence-corrected chi connectivity index (χ4v) is 3.17. The molecule has 0 saturated carbocycles. The van der Waals surface area contributed by atoms with Crippen molar-refractivity contribution in [2.24, 2.45) is 5.92 Å². The van der Waals surface area contributed by atoms with E-state index in [0.29, 0.717) is 11.5 Å². The monoisotopic (exact) mass is 206 g/mol. The van der Waals surface area contributed by atoms with E-state index in [0.717, 1.165) is 25.7 Å². The van der Waals surface area contributed by atoms with Crippen LogP contribution in [0.15, 0.2) is 0 Å². The molecule has 0 atom stereocenters. The lowest BCUT2D eigenvalue weighted by atomic mass is 10.2. The minimum atomic E-state index is -2.76. The molecule has 0 bridgehead atoms. The number of unbranched alkanes of at least 4 members (excludes halogenated alkanes) is 3. The smallest absolute Gasteiger partial charge is 0.150 e. The molecule has 0 saturated heterocycles. The van der Waals surface area contributed by atoms with Gasteiger partial charge < -0.3 is 0 Å². The summed E-state index contributed by atoms with van der Waals surface area (Å²) in [4.78, 5) is 0. The first-order valence-electron chi connectivity index (χ1n) is 5.18. The Hall–Kier alpha value is -0.0500. The zero-order chi connectivity index (χ0) is 10.3. The standard InChI is InChI=1S/C10H22O2S/c1-4-5-6-7-8-13(11,12)9-10(2)3/h10H,4-9H2,1-3H3.